The molecule has 0 fully saturated rings. The van der Waals surface area contributed by atoms with Gasteiger partial charge in [0.05, 0.1) is 5.69 Å². The molecule has 0 bridgehead atoms. The first kappa shape index (κ1) is 15.1. The van der Waals surface area contributed by atoms with E-state index < -0.39 is 5.97 Å². The second-order valence-electron chi connectivity index (χ2n) is 4.16. The molecule has 0 aliphatic rings. The minimum atomic E-state index is -0.945. The number of likely N-dealkylation sites (N-methyl/N-ethyl adjacent to an activating group) is 1. The van der Waals surface area contributed by atoms with Gasteiger partial charge in [-0.2, -0.15) is 5.10 Å². The van der Waals surface area contributed by atoms with E-state index in [-0.39, 0.29) is 5.56 Å². The first-order valence-electron chi connectivity index (χ1n) is 6.58. The first-order valence-corrected chi connectivity index (χ1v) is 6.58. The zero-order valence-corrected chi connectivity index (χ0v) is 11.8. The fraction of sp³-hybridized carbons (Fsp3) is 0.500. The van der Waals surface area contributed by atoms with E-state index in [1.165, 1.54) is 0 Å². The number of rotatable bonds is 7. The van der Waals surface area contributed by atoms with Gasteiger partial charge in [-0.3, -0.25) is 0 Å². The molecular weight excluding hydrogens is 242 g/mol. The summed E-state index contributed by atoms with van der Waals surface area (Å²) >= 11 is 0. The number of aryl methyl sites for hydroxylation is 1. The number of carboxylic acid groups (broad SMARTS) is 1. The summed E-state index contributed by atoms with van der Waals surface area (Å²) in [6, 6.07) is 0. The number of aromatic nitrogens is 2. The molecule has 1 aromatic heterocycles. The molecule has 0 unspecified atom stereocenters. The van der Waals surface area contributed by atoms with Crippen molar-refractivity contribution in [1.82, 2.24) is 10.2 Å². The van der Waals surface area contributed by atoms with Crippen molar-refractivity contribution in [2.24, 2.45) is 0 Å². The topological polar surface area (TPSA) is 66.3 Å². The first-order chi connectivity index (χ1) is 9.10. The molecule has 1 N–H and O–H groups in total. The van der Waals surface area contributed by atoms with E-state index in [9.17, 15) is 9.90 Å². The lowest BCUT2D eigenvalue weighted by atomic mass is 10.0. The number of aromatic carboxylic acids is 1. The van der Waals surface area contributed by atoms with Crippen molar-refractivity contribution in [2.75, 3.05) is 18.0 Å². The molecule has 104 valence electrons. The molecule has 0 saturated carbocycles. The lowest BCUT2D eigenvalue weighted by Gasteiger charge is -2.23. The molecule has 5 nitrogen and oxygen atoms in total. The lowest BCUT2D eigenvalue weighted by molar-refractivity contribution is 0.0695. The maximum Gasteiger partial charge on any atom is 0.339 e. The van der Waals surface area contributed by atoms with Gasteiger partial charge < -0.3 is 10.0 Å². The van der Waals surface area contributed by atoms with Gasteiger partial charge in [-0.1, -0.05) is 19.9 Å². The summed E-state index contributed by atoms with van der Waals surface area (Å²) in [5.74, 6) is -0.511. The van der Waals surface area contributed by atoms with Gasteiger partial charge in [0, 0.05) is 13.1 Å². The highest BCUT2D eigenvalue weighted by Crippen LogP contribution is 2.24. The van der Waals surface area contributed by atoms with E-state index in [2.05, 4.69) is 16.8 Å². The molecule has 1 aromatic rings. The second kappa shape index (κ2) is 6.87. The van der Waals surface area contributed by atoms with Crippen molar-refractivity contribution < 1.29 is 9.90 Å². The molecule has 0 amide bonds. The third kappa shape index (κ3) is 3.10. The SMILES string of the molecule is C=CCN(CC)c1nnc(CC)c(CC)c1C(=O)O. The number of nitrogens with zero attached hydrogens (tertiary/aromatic N) is 3. The third-order valence-electron chi connectivity index (χ3n) is 3.07. The van der Waals surface area contributed by atoms with Gasteiger partial charge in [-0.15, -0.1) is 11.7 Å². The number of hydrogen-bond acceptors (Lipinski definition) is 4. The van der Waals surface area contributed by atoms with Gasteiger partial charge >= 0.3 is 5.97 Å². The van der Waals surface area contributed by atoms with Crippen LogP contribution in [-0.2, 0) is 12.8 Å². The van der Waals surface area contributed by atoms with Crippen LogP contribution in [0.5, 0.6) is 0 Å². The second-order valence-corrected chi connectivity index (χ2v) is 4.16. The molecule has 0 aromatic carbocycles. The van der Waals surface area contributed by atoms with Crippen LogP contribution in [-0.4, -0.2) is 34.4 Å². The van der Waals surface area contributed by atoms with Crippen LogP contribution in [0.1, 0.15) is 42.4 Å². The summed E-state index contributed by atoms with van der Waals surface area (Å²) in [7, 11) is 0. The summed E-state index contributed by atoms with van der Waals surface area (Å²) in [4.78, 5) is 13.4. The van der Waals surface area contributed by atoms with E-state index in [1.54, 1.807) is 6.08 Å². The Balaban J connectivity index is 3.46. The number of carboxylic acids is 1. The molecule has 0 saturated heterocycles. The Morgan fingerprint density at radius 2 is 2.00 bits per heavy atom. The molecule has 0 atom stereocenters. The predicted molar refractivity (Wildman–Crippen MR) is 75.8 cm³/mol. The van der Waals surface area contributed by atoms with Crippen molar-refractivity contribution in [3.63, 3.8) is 0 Å². The lowest BCUT2D eigenvalue weighted by Crippen LogP contribution is -2.27. The third-order valence-corrected chi connectivity index (χ3v) is 3.07. The van der Waals surface area contributed by atoms with E-state index in [0.717, 1.165) is 11.3 Å². The summed E-state index contributed by atoms with van der Waals surface area (Å²) in [6.07, 6.45) is 3.06. The van der Waals surface area contributed by atoms with Gasteiger partial charge in [0.25, 0.3) is 0 Å². The van der Waals surface area contributed by atoms with Crippen molar-refractivity contribution in [3.8, 4) is 0 Å². The maximum atomic E-state index is 11.6. The molecule has 1 rings (SSSR count). The zero-order valence-electron chi connectivity index (χ0n) is 11.8. The monoisotopic (exact) mass is 263 g/mol. The summed E-state index contributed by atoms with van der Waals surface area (Å²) in [6.45, 7) is 10.8. The average molecular weight is 263 g/mol. The predicted octanol–water partition coefficient (Wildman–Crippen LogP) is 2.31. The fourth-order valence-electron chi connectivity index (χ4n) is 2.13. The van der Waals surface area contributed by atoms with Crippen LogP contribution < -0.4 is 4.90 Å². The van der Waals surface area contributed by atoms with Crippen LogP contribution in [0, 0.1) is 0 Å². The Kier molecular flexibility index (Phi) is 5.48. The van der Waals surface area contributed by atoms with Crippen molar-refractivity contribution in [2.45, 2.75) is 33.6 Å². The highest BCUT2D eigenvalue weighted by molar-refractivity contribution is 5.95. The minimum absolute atomic E-state index is 0.276. The molecule has 0 radical (unpaired) electrons. The van der Waals surface area contributed by atoms with Crippen LogP contribution >= 0.6 is 0 Å². The highest BCUT2D eigenvalue weighted by Gasteiger charge is 2.23. The van der Waals surface area contributed by atoms with E-state index in [4.69, 9.17) is 0 Å². The number of hydrogen-bond donors (Lipinski definition) is 1. The highest BCUT2D eigenvalue weighted by atomic mass is 16.4. The van der Waals surface area contributed by atoms with Gasteiger partial charge in [0.2, 0.25) is 0 Å². The smallest absolute Gasteiger partial charge is 0.339 e. The maximum absolute atomic E-state index is 11.6. The van der Waals surface area contributed by atoms with Crippen LogP contribution in [0.15, 0.2) is 12.7 Å². The number of carbonyl (C=O) groups is 1. The largest absolute Gasteiger partial charge is 0.478 e. The standard InChI is InChI=1S/C14H21N3O2/c1-5-9-17(8-4)13-12(14(18)19)10(6-2)11(7-3)15-16-13/h5H,1,6-9H2,2-4H3,(H,18,19). The van der Waals surface area contributed by atoms with Gasteiger partial charge in [-0.25, -0.2) is 4.79 Å². The Morgan fingerprint density at radius 1 is 1.32 bits per heavy atom. The Morgan fingerprint density at radius 3 is 2.42 bits per heavy atom. The van der Waals surface area contributed by atoms with Crippen LogP contribution in [0.2, 0.25) is 0 Å². The number of anilines is 1. The van der Waals surface area contributed by atoms with E-state index in [1.807, 2.05) is 25.7 Å². The van der Waals surface area contributed by atoms with Gasteiger partial charge in [0.1, 0.15) is 5.56 Å². The summed E-state index contributed by atoms with van der Waals surface area (Å²) < 4.78 is 0. The van der Waals surface area contributed by atoms with Crippen molar-refractivity contribution >= 4 is 11.8 Å². The molecule has 19 heavy (non-hydrogen) atoms. The van der Waals surface area contributed by atoms with Gasteiger partial charge in [-0.05, 0) is 25.3 Å². The quantitative estimate of drug-likeness (QED) is 0.765. The Hall–Kier alpha value is -1.91. The zero-order chi connectivity index (χ0) is 14.4. The van der Waals surface area contributed by atoms with Gasteiger partial charge in [0.15, 0.2) is 5.82 Å². The van der Waals surface area contributed by atoms with E-state index >= 15 is 0 Å². The molecule has 1 heterocycles. The molecular formula is C14H21N3O2. The molecule has 5 heteroatoms. The van der Waals surface area contributed by atoms with Crippen molar-refractivity contribution in [1.29, 1.82) is 0 Å². The normalized spacial score (nSPS) is 10.3. The van der Waals surface area contributed by atoms with Crippen LogP contribution in [0.4, 0.5) is 5.82 Å². The Bertz CT molecular complexity index is 472. The fourth-order valence-corrected chi connectivity index (χ4v) is 2.13. The Labute approximate surface area is 114 Å². The molecule has 0 aliphatic carbocycles. The summed E-state index contributed by atoms with van der Waals surface area (Å²) in [5.41, 5.74) is 1.82. The average Bonchev–Trinajstić information content (AvgIpc) is 2.42. The molecule has 0 aliphatic heterocycles. The summed E-state index contributed by atoms with van der Waals surface area (Å²) in [5, 5.41) is 17.8. The van der Waals surface area contributed by atoms with Crippen LogP contribution in [0.25, 0.3) is 0 Å². The minimum Gasteiger partial charge on any atom is -0.478 e. The van der Waals surface area contributed by atoms with Crippen LogP contribution in [0.3, 0.4) is 0 Å². The molecule has 0 spiro atoms. The van der Waals surface area contributed by atoms with Crippen molar-refractivity contribution in [3.05, 3.63) is 29.5 Å². The van der Waals surface area contributed by atoms with E-state index in [0.29, 0.717) is 31.7 Å².